The number of benzene rings is 1. The number of aryl methyl sites for hydroxylation is 2. The average molecular weight is 304 g/mol. The third kappa shape index (κ3) is 4.00. The molecule has 22 heavy (non-hydrogen) atoms. The highest BCUT2D eigenvalue weighted by Crippen LogP contribution is 2.13. The van der Waals surface area contributed by atoms with Gasteiger partial charge < -0.3 is 14.5 Å². The molecule has 2 amide bonds. The fourth-order valence-electron chi connectivity index (χ4n) is 2.62. The molecule has 0 spiro atoms. The van der Waals surface area contributed by atoms with Gasteiger partial charge in [0, 0.05) is 26.2 Å². The maximum Gasteiger partial charge on any atom is 0.409 e. The highest BCUT2D eigenvalue weighted by Gasteiger charge is 2.24. The zero-order valence-electron chi connectivity index (χ0n) is 13.6. The minimum atomic E-state index is -0.288. The third-order valence-corrected chi connectivity index (χ3v) is 4.00. The number of carbonyl (C=O) groups excluding carboxylic acids is 2. The van der Waals surface area contributed by atoms with Gasteiger partial charge in [0.05, 0.1) is 13.0 Å². The first-order chi connectivity index (χ1) is 10.5. The molecule has 5 nitrogen and oxygen atoms in total. The van der Waals surface area contributed by atoms with Gasteiger partial charge in [-0.25, -0.2) is 4.79 Å². The number of carbonyl (C=O) groups is 2. The van der Waals surface area contributed by atoms with Crippen molar-refractivity contribution in [1.29, 1.82) is 0 Å². The zero-order valence-corrected chi connectivity index (χ0v) is 13.6. The predicted octanol–water partition coefficient (Wildman–Crippen LogP) is 2.15. The van der Waals surface area contributed by atoms with Crippen molar-refractivity contribution in [2.75, 3.05) is 32.8 Å². The van der Waals surface area contributed by atoms with Crippen LogP contribution < -0.4 is 0 Å². The Labute approximate surface area is 131 Å². The molecule has 1 fully saturated rings. The van der Waals surface area contributed by atoms with Crippen molar-refractivity contribution in [2.45, 2.75) is 27.2 Å². The Bertz CT molecular complexity index is 549. The molecule has 0 atom stereocenters. The molecule has 1 aromatic rings. The standard InChI is InChI=1S/C17H24N2O3/c1-4-22-17(21)19-9-7-18(8-10-19)16(20)12-15-11-13(2)5-6-14(15)3/h5-6,11H,4,7-10,12H2,1-3H3. The van der Waals surface area contributed by atoms with Gasteiger partial charge in [-0.15, -0.1) is 0 Å². The molecule has 0 unspecified atom stereocenters. The normalized spacial score (nSPS) is 14.9. The van der Waals surface area contributed by atoms with Gasteiger partial charge in [0.2, 0.25) is 5.91 Å². The van der Waals surface area contributed by atoms with Crippen molar-refractivity contribution in [2.24, 2.45) is 0 Å². The van der Waals surface area contributed by atoms with E-state index in [4.69, 9.17) is 4.74 Å². The van der Waals surface area contributed by atoms with Crippen LogP contribution in [0.25, 0.3) is 0 Å². The molecular formula is C17H24N2O3. The lowest BCUT2D eigenvalue weighted by Gasteiger charge is -2.34. The van der Waals surface area contributed by atoms with E-state index >= 15 is 0 Å². The first-order valence-electron chi connectivity index (χ1n) is 7.77. The van der Waals surface area contributed by atoms with E-state index < -0.39 is 0 Å². The number of hydrogen-bond acceptors (Lipinski definition) is 3. The van der Waals surface area contributed by atoms with E-state index in [-0.39, 0.29) is 12.0 Å². The fourth-order valence-corrected chi connectivity index (χ4v) is 2.62. The number of rotatable bonds is 3. The molecule has 0 radical (unpaired) electrons. The summed E-state index contributed by atoms with van der Waals surface area (Å²) in [6, 6.07) is 6.18. The Morgan fingerprint density at radius 2 is 1.73 bits per heavy atom. The van der Waals surface area contributed by atoms with Gasteiger partial charge in [-0.1, -0.05) is 23.8 Å². The first-order valence-corrected chi connectivity index (χ1v) is 7.77. The topological polar surface area (TPSA) is 49.9 Å². The summed E-state index contributed by atoms with van der Waals surface area (Å²) >= 11 is 0. The molecular weight excluding hydrogens is 280 g/mol. The molecule has 0 aromatic heterocycles. The summed E-state index contributed by atoms with van der Waals surface area (Å²) in [5.74, 6) is 0.122. The van der Waals surface area contributed by atoms with Crippen LogP contribution in [0.15, 0.2) is 18.2 Å². The summed E-state index contributed by atoms with van der Waals surface area (Å²) in [6.07, 6.45) is 0.136. The van der Waals surface area contributed by atoms with Crippen molar-refractivity contribution in [3.8, 4) is 0 Å². The minimum absolute atomic E-state index is 0.122. The quantitative estimate of drug-likeness (QED) is 0.859. The summed E-state index contributed by atoms with van der Waals surface area (Å²) in [6.45, 7) is 8.46. The van der Waals surface area contributed by atoms with Gasteiger partial charge >= 0.3 is 6.09 Å². The summed E-state index contributed by atoms with van der Waals surface area (Å²) in [7, 11) is 0. The molecule has 1 heterocycles. The van der Waals surface area contributed by atoms with E-state index in [2.05, 4.69) is 18.2 Å². The van der Waals surface area contributed by atoms with E-state index in [1.807, 2.05) is 18.7 Å². The Hall–Kier alpha value is -2.04. The smallest absolute Gasteiger partial charge is 0.409 e. The number of amides is 2. The lowest BCUT2D eigenvalue weighted by molar-refractivity contribution is -0.132. The molecule has 0 N–H and O–H groups in total. The van der Waals surface area contributed by atoms with Crippen molar-refractivity contribution >= 4 is 12.0 Å². The van der Waals surface area contributed by atoms with Gasteiger partial charge in [0.25, 0.3) is 0 Å². The third-order valence-electron chi connectivity index (χ3n) is 4.00. The average Bonchev–Trinajstić information content (AvgIpc) is 2.51. The van der Waals surface area contributed by atoms with Crippen LogP contribution in [0.4, 0.5) is 4.79 Å². The van der Waals surface area contributed by atoms with Gasteiger partial charge in [-0.2, -0.15) is 0 Å². The number of ether oxygens (including phenoxy) is 1. The highest BCUT2D eigenvalue weighted by molar-refractivity contribution is 5.79. The fraction of sp³-hybridized carbons (Fsp3) is 0.529. The second-order valence-electron chi connectivity index (χ2n) is 5.67. The summed E-state index contributed by atoms with van der Waals surface area (Å²) in [5.41, 5.74) is 3.39. The molecule has 1 saturated heterocycles. The Balaban J connectivity index is 1.90. The molecule has 1 aliphatic heterocycles. The lowest BCUT2D eigenvalue weighted by Crippen LogP contribution is -2.51. The molecule has 5 heteroatoms. The van der Waals surface area contributed by atoms with Crippen LogP contribution in [0.5, 0.6) is 0 Å². The van der Waals surface area contributed by atoms with Crippen LogP contribution in [-0.4, -0.2) is 54.6 Å². The van der Waals surface area contributed by atoms with Gasteiger partial charge in [0.1, 0.15) is 0 Å². The van der Waals surface area contributed by atoms with E-state index in [1.165, 1.54) is 5.56 Å². The number of nitrogens with zero attached hydrogens (tertiary/aromatic N) is 2. The van der Waals surface area contributed by atoms with Crippen LogP contribution in [-0.2, 0) is 16.0 Å². The first kappa shape index (κ1) is 16.3. The Kier molecular flexibility index (Phi) is 5.41. The maximum absolute atomic E-state index is 12.4. The second kappa shape index (κ2) is 7.29. The maximum atomic E-state index is 12.4. The van der Waals surface area contributed by atoms with E-state index in [1.54, 1.807) is 11.8 Å². The van der Waals surface area contributed by atoms with E-state index in [0.717, 1.165) is 11.1 Å². The minimum Gasteiger partial charge on any atom is -0.450 e. The van der Waals surface area contributed by atoms with Crippen LogP contribution >= 0.6 is 0 Å². The van der Waals surface area contributed by atoms with E-state index in [9.17, 15) is 9.59 Å². The van der Waals surface area contributed by atoms with Crippen LogP contribution in [0.3, 0.4) is 0 Å². The van der Waals surface area contributed by atoms with Gasteiger partial charge in [-0.3, -0.25) is 4.79 Å². The zero-order chi connectivity index (χ0) is 16.1. The van der Waals surface area contributed by atoms with Crippen LogP contribution in [0.1, 0.15) is 23.6 Å². The molecule has 120 valence electrons. The van der Waals surface area contributed by atoms with Crippen LogP contribution in [0.2, 0.25) is 0 Å². The SMILES string of the molecule is CCOC(=O)N1CCN(C(=O)Cc2cc(C)ccc2C)CC1. The van der Waals surface area contributed by atoms with Crippen molar-refractivity contribution < 1.29 is 14.3 Å². The highest BCUT2D eigenvalue weighted by atomic mass is 16.6. The summed E-state index contributed by atoms with van der Waals surface area (Å²) in [4.78, 5) is 27.6. The summed E-state index contributed by atoms with van der Waals surface area (Å²) < 4.78 is 4.99. The molecule has 2 rings (SSSR count). The Morgan fingerprint density at radius 3 is 2.36 bits per heavy atom. The number of hydrogen-bond donors (Lipinski definition) is 0. The molecule has 0 bridgehead atoms. The van der Waals surface area contributed by atoms with Crippen molar-refractivity contribution in [3.63, 3.8) is 0 Å². The molecule has 0 saturated carbocycles. The molecule has 0 aliphatic carbocycles. The lowest BCUT2D eigenvalue weighted by atomic mass is 10.0. The Morgan fingerprint density at radius 1 is 1.09 bits per heavy atom. The monoisotopic (exact) mass is 304 g/mol. The van der Waals surface area contributed by atoms with Crippen LogP contribution in [0, 0.1) is 13.8 Å². The second-order valence-corrected chi connectivity index (χ2v) is 5.67. The summed E-state index contributed by atoms with van der Waals surface area (Å²) in [5, 5.41) is 0. The van der Waals surface area contributed by atoms with Gasteiger partial charge in [0.15, 0.2) is 0 Å². The number of piperazine rings is 1. The predicted molar refractivity (Wildman–Crippen MR) is 84.8 cm³/mol. The van der Waals surface area contributed by atoms with Gasteiger partial charge in [-0.05, 0) is 31.9 Å². The van der Waals surface area contributed by atoms with E-state index in [0.29, 0.717) is 39.2 Å². The molecule has 1 aromatic carbocycles. The largest absolute Gasteiger partial charge is 0.450 e. The van der Waals surface area contributed by atoms with Crippen molar-refractivity contribution in [3.05, 3.63) is 34.9 Å². The molecule has 1 aliphatic rings. The van der Waals surface area contributed by atoms with Crippen molar-refractivity contribution in [1.82, 2.24) is 9.80 Å².